The lowest BCUT2D eigenvalue weighted by Gasteiger charge is -2.12. The van der Waals surface area contributed by atoms with E-state index in [1.165, 1.54) is 6.92 Å². The Morgan fingerprint density at radius 2 is 1.71 bits per heavy atom. The fourth-order valence-electron chi connectivity index (χ4n) is 2.96. The van der Waals surface area contributed by atoms with E-state index in [2.05, 4.69) is 29.0 Å². The molecule has 6 heteroatoms. The van der Waals surface area contributed by atoms with Gasteiger partial charge in [-0.15, -0.1) is 0 Å². The maximum absolute atomic E-state index is 12.5. The number of nitrogens with zero attached hydrogens (tertiary/aromatic N) is 2. The van der Waals surface area contributed by atoms with Gasteiger partial charge in [-0.25, -0.2) is 0 Å². The monoisotopic (exact) mass is 378 g/mol. The number of hydrogen-bond donors (Lipinski definition) is 2. The van der Waals surface area contributed by atoms with Gasteiger partial charge in [-0.3, -0.25) is 9.59 Å². The molecule has 0 aliphatic rings. The van der Waals surface area contributed by atoms with Gasteiger partial charge in [0, 0.05) is 36.2 Å². The molecule has 1 heterocycles. The first-order valence-electron chi connectivity index (χ1n) is 9.18. The van der Waals surface area contributed by atoms with Gasteiger partial charge < -0.3 is 15.2 Å². The van der Waals surface area contributed by atoms with Crippen molar-refractivity contribution in [2.45, 2.75) is 41.2 Å². The van der Waals surface area contributed by atoms with Crippen molar-refractivity contribution in [2.24, 2.45) is 5.92 Å². The number of rotatable bonds is 6. The molecule has 0 atom stereocenters. The van der Waals surface area contributed by atoms with Crippen LogP contribution in [-0.2, 0) is 16.1 Å². The van der Waals surface area contributed by atoms with E-state index in [0.29, 0.717) is 17.3 Å². The second-order valence-electron chi connectivity index (χ2n) is 7.21. The highest BCUT2D eigenvalue weighted by molar-refractivity contribution is 6.09. The Morgan fingerprint density at radius 1 is 1.14 bits per heavy atom. The molecule has 1 aromatic heterocycles. The van der Waals surface area contributed by atoms with E-state index < -0.39 is 5.91 Å². The van der Waals surface area contributed by atoms with Crippen LogP contribution in [0.2, 0.25) is 0 Å². The van der Waals surface area contributed by atoms with Gasteiger partial charge in [-0.05, 0) is 61.7 Å². The summed E-state index contributed by atoms with van der Waals surface area (Å²) in [5.41, 5.74) is 4.22. The molecule has 1 aromatic carbocycles. The number of nitriles is 1. The fourth-order valence-corrected chi connectivity index (χ4v) is 2.96. The molecule has 2 aromatic rings. The van der Waals surface area contributed by atoms with Crippen molar-refractivity contribution >= 4 is 29.3 Å². The summed E-state index contributed by atoms with van der Waals surface area (Å²) in [6.07, 6.45) is 1.63. The average molecular weight is 378 g/mol. The molecule has 0 radical (unpaired) electrons. The molecule has 0 aliphatic carbocycles. The van der Waals surface area contributed by atoms with E-state index in [-0.39, 0.29) is 11.5 Å². The van der Waals surface area contributed by atoms with Gasteiger partial charge in [0.15, 0.2) is 0 Å². The second-order valence-corrected chi connectivity index (χ2v) is 7.21. The van der Waals surface area contributed by atoms with E-state index in [1.54, 1.807) is 30.3 Å². The van der Waals surface area contributed by atoms with Crippen molar-refractivity contribution in [3.8, 4) is 6.07 Å². The van der Waals surface area contributed by atoms with Crippen LogP contribution in [0.5, 0.6) is 0 Å². The predicted molar refractivity (Wildman–Crippen MR) is 112 cm³/mol. The van der Waals surface area contributed by atoms with E-state index in [9.17, 15) is 14.9 Å². The SMILES string of the molecule is CC(=O)Nc1ccc(NC(=O)/C(C#N)=C/c2cc(C)n(CC(C)C)c2C)cc1. The Kier molecular flexibility index (Phi) is 6.78. The lowest BCUT2D eigenvalue weighted by atomic mass is 10.1. The number of aromatic nitrogens is 1. The smallest absolute Gasteiger partial charge is 0.266 e. The van der Waals surface area contributed by atoms with Gasteiger partial charge >= 0.3 is 0 Å². The lowest BCUT2D eigenvalue weighted by molar-refractivity contribution is -0.114. The molecule has 0 fully saturated rings. The Morgan fingerprint density at radius 3 is 2.21 bits per heavy atom. The minimum Gasteiger partial charge on any atom is -0.348 e. The molecular formula is C22H26N4O2. The van der Waals surface area contributed by atoms with Crippen LogP contribution >= 0.6 is 0 Å². The zero-order valence-electron chi connectivity index (χ0n) is 17.0. The molecule has 146 valence electrons. The minimum atomic E-state index is -0.469. The first-order valence-corrected chi connectivity index (χ1v) is 9.18. The van der Waals surface area contributed by atoms with Gasteiger partial charge in [0.25, 0.3) is 5.91 Å². The Labute approximate surface area is 165 Å². The van der Waals surface area contributed by atoms with Crippen LogP contribution in [0, 0.1) is 31.1 Å². The van der Waals surface area contributed by atoms with Crippen molar-refractivity contribution in [1.82, 2.24) is 4.57 Å². The minimum absolute atomic E-state index is 0.0377. The second kappa shape index (κ2) is 9.05. The van der Waals surface area contributed by atoms with E-state index in [0.717, 1.165) is 23.5 Å². The highest BCUT2D eigenvalue weighted by Crippen LogP contribution is 2.20. The van der Waals surface area contributed by atoms with Crippen molar-refractivity contribution in [1.29, 1.82) is 5.26 Å². The fraction of sp³-hybridized carbons (Fsp3) is 0.318. The van der Waals surface area contributed by atoms with Gasteiger partial charge in [0.05, 0.1) is 0 Å². The number of carbonyl (C=O) groups excluding carboxylic acids is 2. The van der Waals surface area contributed by atoms with Gasteiger partial charge in [0.2, 0.25) is 5.91 Å². The van der Waals surface area contributed by atoms with Crippen LogP contribution in [0.3, 0.4) is 0 Å². The van der Waals surface area contributed by atoms with Crippen LogP contribution in [0.1, 0.15) is 37.7 Å². The van der Waals surface area contributed by atoms with Crippen LogP contribution in [0.4, 0.5) is 11.4 Å². The quantitative estimate of drug-likeness (QED) is 0.581. The first kappa shape index (κ1) is 21.0. The normalized spacial score (nSPS) is 11.2. The number of amides is 2. The van der Waals surface area contributed by atoms with E-state index in [1.807, 2.05) is 26.0 Å². The van der Waals surface area contributed by atoms with Crippen LogP contribution in [0.25, 0.3) is 6.08 Å². The van der Waals surface area contributed by atoms with Crippen molar-refractivity contribution < 1.29 is 9.59 Å². The largest absolute Gasteiger partial charge is 0.348 e. The lowest BCUT2D eigenvalue weighted by Crippen LogP contribution is -2.13. The molecule has 0 saturated heterocycles. The highest BCUT2D eigenvalue weighted by Gasteiger charge is 2.14. The summed E-state index contributed by atoms with van der Waals surface area (Å²) in [7, 11) is 0. The number of nitrogens with one attached hydrogen (secondary N) is 2. The summed E-state index contributed by atoms with van der Waals surface area (Å²) in [5.74, 6) is -0.133. The molecule has 0 bridgehead atoms. The average Bonchev–Trinajstić information content (AvgIpc) is 2.87. The summed E-state index contributed by atoms with van der Waals surface area (Å²) >= 11 is 0. The third-order valence-corrected chi connectivity index (χ3v) is 4.29. The summed E-state index contributed by atoms with van der Waals surface area (Å²) in [4.78, 5) is 23.6. The molecule has 2 amide bonds. The van der Waals surface area contributed by atoms with Gasteiger partial charge in [-0.1, -0.05) is 13.8 Å². The number of hydrogen-bond acceptors (Lipinski definition) is 3. The molecule has 0 saturated carbocycles. The molecule has 0 unspecified atom stereocenters. The summed E-state index contributed by atoms with van der Waals surface area (Å²) in [5, 5.41) is 14.8. The van der Waals surface area contributed by atoms with Crippen molar-refractivity contribution in [3.63, 3.8) is 0 Å². The topological polar surface area (TPSA) is 86.9 Å². The standard InChI is InChI=1S/C22H26N4O2/c1-14(2)13-26-15(3)10-18(16(26)4)11-19(12-23)22(28)25-21-8-6-20(7-9-21)24-17(5)27/h6-11,14H,13H2,1-5H3,(H,24,27)(H,25,28)/b19-11+. The zero-order valence-corrected chi connectivity index (χ0v) is 17.0. The molecular weight excluding hydrogens is 352 g/mol. The summed E-state index contributed by atoms with van der Waals surface area (Å²) in [6, 6.07) is 10.7. The number of benzene rings is 1. The third kappa shape index (κ3) is 5.34. The van der Waals surface area contributed by atoms with Gasteiger partial charge in [-0.2, -0.15) is 5.26 Å². The Bertz CT molecular complexity index is 944. The highest BCUT2D eigenvalue weighted by atomic mass is 16.2. The van der Waals surface area contributed by atoms with Crippen molar-refractivity contribution in [3.05, 3.63) is 52.9 Å². The molecule has 2 rings (SSSR count). The molecule has 0 spiro atoms. The Hall–Kier alpha value is -3.33. The summed E-state index contributed by atoms with van der Waals surface area (Å²) in [6.45, 7) is 10.6. The maximum atomic E-state index is 12.5. The molecule has 0 aliphatic heterocycles. The van der Waals surface area contributed by atoms with Crippen LogP contribution in [-0.4, -0.2) is 16.4 Å². The van der Waals surface area contributed by atoms with Gasteiger partial charge in [0.1, 0.15) is 11.6 Å². The zero-order chi connectivity index (χ0) is 20.8. The number of carbonyl (C=O) groups is 2. The van der Waals surface area contributed by atoms with Crippen LogP contribution < -0.4 is 10.6 Å². The third-order valence-electron chi connectivity index (χ3n) is 4.29. The van der Waals surface area contributed by atoms with Crippen LogP contribution in [0.15, 0.2) is 35.9 Å². The predicted octanol–water partition coefficient (Wildman–Crippen LogP) is 4.27. The summed E-state index contributed by atoms with van der Waals surface area (Å²) < 4.78 is 2.20. The molecule has 6 nitrogen and oxygen atoms in total. The van der Waals surface area contributed by atoms with E-state index >= 15 is 0 Å². The van der Waals surface area contributed by atoms with Crippen molar-refractivity contribution in [2.75, 3.05) is 10.6 Å². The molecule has 2 N–H and O–H groups in total. The van der Waals surface area contributed by atoms with E-state index in [4.69, 9.17) is 0 Å². The number of aryl methyl sites for hydroxylation is 1. The maximum Gasteiger partial charge on any atom is 0.266 e. The first-order chi connectivity index (χ1) is 13.2. The Balaban J connectivity index is 2.20. The number of anilines is 2. The molecule has 28 heavy (non-hydrogen) atoms.